The zero-order chi connectivity index (χ0) is 15.0. The first-order chi connectivity index (χ1) is 10.1. The van der Waals surface area contributed by atoms with Gasteiger partial charge >= 0.3 is 5.69 Å². The smallest absolute Gasteiger partial charge is 0.332 e. The van der Waals surface area contributed by atoms with Crippen molar-refractivity contribution >= 4 is 5.82 Å². The van der Waals surface area contributed by atoms with E-state index in [-0.39, 0.29) is 11.7 Å². The lowest BCUT2D eigenvalue weighted by atomic mass is 10.1. The van der Waals surface area contributed by atoms with Gasteiger partial charge in [0, 0.05) is 30.1 Å². The number of nitrogens with zero attached hydrogens (tertiary/aromatic N) is 3. The molecule has 0 bridgehead atoms. The van der Waals surface area contributed by atoms with Crippen molar-refractivity contribution in [2.24, 2.45) is 0 Å². The minimum atomic E-state index is -0.0497. The molecule has 108 valence electrons. The third-order valence-corrected chi connectivity index (χ3v) is 3.39. The van der Waals surface area contributed by atoms with Crippen molar-refractivity contribution in [2.75, 3.05) is 5.73 Å². The molecule has 0 aliphatic rings. The van der Waals surface area contributed by atoms with Crippen LogP contribution in [0.5, 0.6) is 0 Å². The predicted octanol–water partition coefficient (Wildman–Crippen LogP) is 2.19. The summed E-state index contributed by atoms with van der Waals surface area (Å²) < 4.78 is 3.32. The van der Waals surface area contributed by atoms with Gasteiger partial charge in [0.15, 0.2) is 0 Å². The van der Waals surface area contributed by atoms with Crippen LogP contribution >= 0.6 is 0 Å². The van der Waals surface area contributed by atoms with E-state index in [4.69, 9.17) is 5.73 Å². The fourth-order valence-electron chi connectivity index (χ4n) is 2.29. The number of nitrogens with two attached hydrogens (primary N) is 1. The zero-order valence-electron chi connectivity index (χ0n) is 11.9. The van der Waals surface area contributed by atoms with Crippen LogP contribution < -0.4 is 11.4 Å². The quantitative estimate of drug-likeness (QED) is 0.773. The molecule has 2 heterocycles. The van der Waals surface area contributed by atoms with E-state index in [1.54, 1.807) is 27.6 Å². The number of rotatable bonds is 3. The molecule has 0 atom stereocenters. The number of aromatic amines is 1. The van der Waals surface area contributed by atoms with E-state index >= 15 is 0 Å². The molecule has 3 rings (SSSR count). The molecule has 2 aromatic heterocycles. The van der Waals surface area contributed by atoms with Gasteiger partial charge in [-0.3, -0.25) is 14.2 Å². The minimum Gasteiger partial charge on any atom is -0.382 e. The van der Waals surface area contributed by atoms with Gasteiger partial charge in [-0.1, -0.05) is 12.1 Å². The van der Waals surface area contributed by atoms with Gasteiger partial charge in [-0.05, 0) is 26.0 Å². The normalized spacial score (nSPS) is 11.2. The summed E-state index contributed by atoms with van der Waals surface area (Å²) in [6.45, 7) is 3.96. The first-order valence-electron chi connectivity index (χ1n) is 6.77. The molecule has 0 fully saturated rings. The summed E-state index contributed by atoms with van der Waals surface area (Å²) >= 11 is 0. The monoisotopic (exact) mass is 283 g/mol. The maximum absolute atomic E-state index is 12.3. The van der Waals surface area contributed by atoms with Gasteiger partial charge in [0.05, 0.1) is 11.4 Å². The van der Waals surface area contributed by atoms with Crippen LogP contribution in [0.2, 0.25) is 0 Å². The number of anilines is 1. The SMILES string of the molecule is CC(C)n1ccn(-c2cccc(-c3cc(N)n[nH]3)c2)c1=O. The van der Waals surface area contributed by atoms with Crippen LogP contribution in [0, 0.1) is 0 Å². The van der Waals surface area contributed by atoms with Crippen molar-refractivity contribution in [2.45, 2.75) is 19.9 Å². The lowest BCUT2D eigenvalue weighted by Gasteiger charge is -2.06. The average molecular weight is 283 g/mol. The maximum atomic E-state index is 12.3. The Labute approximate surface area is 121 Å². The zero-order valence-corrected chi connectivity index (χ0v) is 11.9. The van der Waals surface area contributed by atoms with E-state index in [1.165, 1.54) is 0 Å². The number of nitrogen functional groups attached to an aromatic ring is 1. The summed E-state index contributed by atoms with van der Waals surface area (Å²) in [6, 6.07) is 9.58. The van der Waals surface area contributed by atoms with Gasteiger partial charge in [0.2, 0.25) is 0 Å². The summed E-state index contributed by atoms with van der Waals surface area (Å²) in [6.07, 6.45) is 3.58. The molecule has 6 nitrogen and oxygen atoms in total. The predicted molar refractivity (Wildman–Crippen MR) is 82.4 cm³/mol. The molecule has 0 saturated heterocycles. The van der Waals surface area contributed by atoms with Crippen LogP contribution in [0.4, 0.5) is 5.82 Å². The number of imidazole rings is 1. The fraction of sp³-hybridized carbons (Fsp3) is 0.200. The number of aromatic nitrogens is 4. The van der Waals surface area contributed by atoms with Crippen molar-refractivity contribution in [1.29, 1.82) is 0 Å². The van der Waals surface area contributed by atoms with Crippen molar-refractivity contribution < 1.29 is 0 Å². The molecule has 0 radical (unpaired) electrons. The molecule has 0 aliphatic heterocycles. The highest BCUT2D eigenvalue weighted by atomic mass is 16.1. The third kappa shape index (κ3) is 2.35. The van der Waals surface area contributed by atoms with Gasteiger partial charge in [-0.2, -0.15) is 5.10 Å². The topological polar surface area (TPSA) is 81.6 Å². The molecular formula is C15H17N5O. The van der Waals surface area contributed by atoms with Crippen LogP contribution in [-0.2, 0) is 0 Å². The largest absolute Gasteiger partial charge is 0.382 e. The first-order valence-corrected chi connectivity index (χ1v) is 6.77. The number of hydrogen-bond acceptors (Lipinski definition) is 3. The van der Waals surface area contributed by atoms with Crippen LogP contribution in [0.1, 0.15) is 19.9 Å². The maximum Gasteiger partial charge on any atom is 0.332 e. The molecule has 0 saturated carbocycles. The van der Waals surface area contributed by atoms with Crippen molar-refractivity contribution in [1.82, 2.24) is 19.3 Å². The number of nitrogens with one attached hydrogen (secondary N) is 1. The summed E-state index contributed by atoms with van der Waals surface area (Å²) in [5.41, 5.74) is 8.14. The Morgan fingerprint density at radius 3 is 2.67 bits per heavy atom. The van der Waals surface area contributed by atoms with Gasteiger partial charge in [0.25, 0.3) is 0 Å². The third-order valence-electron chi connectivity index (χ3n) is 3.39. The Balaban J connectivity index is 2.06. The molecule has 1 aromatic carbocycles. The molecule has 3 aromatic rings. The lowest BCUT2D eigenvalue weighted by molar-refractivity contribution is 0.574. The van der Waals surface area contributed by atoms with Crippen molar-refractivity contribution in [3.63, 3.8) is 0 Å². The highest BCUT2D eigenvalue weighted by Gasteiger charge is 2.09. The van der Waals surface area contributed by atoms with Crippen molar-refractivity contribution in [3.8, 4) is 16.9 Å². The summed E-state index contributed by atoms with van der Waals surface area (Å²) in [5.74, 6) is 0.443. The standard InChI is InChI=1S/C15H17N5O/c1-10(2)19-6-7-20(15(19)21)12-5-3-4-11(8-12)13-9-14(16)18-17-13/h3-10H,1-2H3,(H3,16,17,18). The molecule has 6 heteroatoms. The van der Waals surface area contributed by atoms with Crippen LogP contribution in [0.3, 0.4) is 0 Å². The average Bonchev–Trinajstić information content (AvgIpc) is 3.05. The Morgan fingerprint density at radius 1 is 1.24 bits per heavy atom. The fourth-order valence-corrected chi connectivity index (χ4v) is 2.29. The number of benzene rings is 1. The summed E-state index contributed by atoms with van der Waals surface area (Å²) in [4.78, 5) is 12.3. The van der Waals surface area contributed by atoms with Gasteiger partial charge < -0.3 is 5.73 Å². The first kappa shape index (κ1) is 13.2. The molecule has 0 spiro atoms. The van der Waals surface area contributed by atoms with Crippen molar-refractivity contribution in [3.05, 3.63) is 53.2 Å². The van der Waals surface area contributed by atoms with E-state index in [1.807, 2.05) is 38.1 Å². The van der Waals surface area contributed by atoms with E-state index in [2.05, 4.69) is 10.2 Å². The van der Waals surface area contributed by atoms with Gasteiger partial charge in [-0.25, -0.2) is 4.79 Å². The number of hydrogen-bond donors (Lipinski definition) is 2. The highest BCUT2D eigenvalue weighted by Crippen LogP contribution is 2.21. The Morgan fingerprint density at radius 2 is 2.05 bits per heavy atom. The Hall–Kier alpha value is -2.76. The van der Waals surface area contributed by atoms with Gasteiger partial charge in [-0.15, -0.1) is 0 Å². The molecular weight excluding hydrogens is 266 g/mol. The van der Waals surface area contributed by atoms with E-state index in [9.17, 15) is 4.79 Å². The summed E-state index contributed by atoms with van der Waals surface area (Å²) in [5, 5.41) is 6.79. The highest BCUT2D eigenvalue weighted by molar-refractivity contribution is 5.64. The lowest BCUT2D eigenvalue weighted by Crippen LogP contribution is -2.24. The molecule has 0 aliphatic carbocycles. The molecule has 21 heavy (non-hydrogen) atoms. The second-order valence-corrected chi connectivity index (χ2v) is 5.21. The minimum absolute atomic E-state index is 0.0497. The van der Waals surface area contributed by atoms with E-state index in [0.717, 1.165) is 16.9 Å². The Kier molecular flexibility index (Phi) is 3.13. The second-order valence-electron chi connectivity index (χ2n) is 5.21. The van der Waals surface area contributed by atoms with Crippen LogP contribution in [0.15, 0.2) is 47.5 Å². The molecule has 0 amide bonds. The summed E-state index contributed by atoms with van der Waals surface area (Å²) in [7, 11) is 0. The van der Waals surface area contributed by atoms with Crippen LogP contribution in [-0.4, -0.2) is 19.3 Å². The molecule has 3 N–H and O–H groups in total. The molecule has 0 unspecified atom stereocenters. The van der Waals surface area contributed by atoms with E-state index < -0.39 is 0 Å². The van der Waals surface area contributed by atoms with Gasteiger partial charge in [0.1, 0.15) is 5.82 Å². The van der Waals surface area contributed by atoms with Crippen LogP contribution in [0.25, 0.3) is 16.9 Å². The van der Waals surface area contributed by atoms with E-state index in [0.29, 0.717) is 5.82 Å². The second kappa shape index (κ2) is 4.97. The number of H-pyrrole nitrogens is 1. The Bertz CT molecular complexity index is 824.